The lowest BCUT2D eigenvalue weighted by atomic mass is 9.95. The van der Waals surface area contributed by atoms with Crippen molar-refractivity contribution in [1.29, 1.82) is 0 Å². The molecule has 2 aliphatic rings. The number of ether oxygens (including phenoxy) is 1. The van der Waals surface area contributed by atoms with Crippen LogP contribution in [0.5, 0.6) is 5.75 Å². The van der Waals surface area contributed by atoms with Gasteiger partial charge in [0.2, 0.25) is 5.91 Å². The van der Waals surface area contributed by atoms with Crippen molar-refractivity contribution in [2.45, 2.75) is 31.7 Å². The van der Waals surface area contributed by atoms with E-state index in [0.717, 1.165) is 12.1 Å². The molecule has 0 saturated carbocycles. The fourth-order valence-electron chi connectivity index (χ4n) is 4.33. The molecule has 4 rings (SSSR count). The Kier molecular flexibility index (Phi) is 5.39. The largest absolute Gasteiger partial charge is 0.490 e. The van der Waals surface area contributed by atoms with Gasteiger partial charge in [-0.3, -0.25) is 19.7 Å². The Balaban J connectivity index is 1.48. The number of amides is 2. The van der Waals surface area contributed by atoms with E-state index in [-0.39, 0.29) is 34.9 Å². The molecule has 2 aromatic carbocycles. The number of benzene rings is 2. The van der Waals surface area contributed by atoms with Crippen LogP contribution in [0.25, 0.3) is 0 Å². The molecule has 1 fully saturated rings. The maximum Gasteiger partial charge on any atom is 0.311 e. The number of rotatable bonds is 4. The summed E-state index contributed by atoms with van der Waals surface area (Å²) in [6.45, 7) is 0.991. The molecule has 8 heteroatoms. The molecule has 156 valence electrons. The normalized spacial score (nSPS) is 16.9. The van der Waals surface area contributed by atoms with Crippen LogP contribution >= 0.6 is 0 Å². The molecule has 0 bridgehead atoms. The maximum absolute atomic E-state index is 12.9. The first-order valence-electron chi connectivity index (χ1n) is 10.0. The van der Waals surface area contributed by atoms with Crippen molar-refractivity contribution in [1.82, 2.24) is 4.90 Å². The number of nitrogens with zero attached hydrogens (tertiary/aromatic N) is 3. The SMILES string of the molecule is COc1ccc(C(=O)N2CCC(N3C(=O)CCc4ccccc43)CC2)cc1[N+](=O)[O-]. The maximum atomic E-state index is 12.9. The molecule has 2 aliphatic heterocycles. The zero-order valence-electron chi connectivity index (χ0n) is 16.7. The van der Waals surface area contributed by atoms with E-state index in [1.807, 2.05) is 23.1 Å². The predicted octanol–water partition coefficient (Wildman–Crippen LogP) is 3.19. The van der Waals surface area contributed by atoms with Crippen LogP contribution in [0.15, 0.2) is 42.5 Å². The molecule has 30 heavy (non-hydrogen) atoms. The van der Waals surface area contributed by atoms with Gasteiger partial charge in [-0.2, -0.15) is 0 Å². The second-order valence-electron chi connectivity index (χ2n) is 7.56. The molecule has 0 N–H and O–H groups in total. The molecular formula is C22H23N3O5. The summed E-state index contributed by atoms with van der Waals surface area (Å²) in [4.78, 5) is 39.8. The summed E-state index contributed by atoms with van der Waals surface area (Å²) < 4.78 is 5.00. The van der Waals surface area contributed by atoms with Gasteiger partial charge in [0.1, 0.15) is 0 Å². The fraction of sp³-hybridized carbons (Fsp3) is 0.364. The van der Waals surface area contributed by atoms with Crippen LogP contribution in [-0.4, -0.2) is 47.9 Å². The highest BCUT2D eigenvalue weighted by atomic mass is 16.6. The number of likely N-dealkylation sites (tertiary alicyclic amines) is 1. The Labute approximate surface area is 174 Å². The number of nitro benzene ring substituents is 1. The van der Waals surface area contributed by atoms with E-state index in [2.05, 4.69) is 6.07 Å². The van der Waals surface area contributed by atoms with Crippen molar-refractivity contribution >= 4 is 23.2 Å². The number of carbonyl (C=O) groups excluding carboxylic acids is 2. The first kappa shape index (κ1) is 19.9. The molecule has 2 aromatic rings. The van der Waals surface area contributed by atoms with Crippen LogP contribution in [0.1, 0.15) is 35.2 Å². The zero-order chi connectivity index (χ0) is 21.3. The van der Waals surface area contributed by atoms with Crippen LogP contribution in [0.4, 0.5) is 11.4 Å². The van der Waals surface area contributed by atoms with E-state index in [1.54, 1.807) is 11.0 Å². The van der Waals surface area contributed by atoms with Crippen molar-refractivity contribution in [3.05, 3.63) is 63.7 Å². The van der Waals surface area contributed by atoms with Gasteiger partial charge in [-0.25, -0.2) is 0 Å². The molecule has 8 nitrogen and oxygen atoms in total. The summed E-state index contributed by atoms with van der Waals surface area (Å²) in [5.41, 5.74) is 2.19. The first-order chi connectivity index (χ1) is 14.5. The minimum Gasteiger partial charge on any atom is -0.490 e. The average molecular weight is 409 g/mol. The van der Waals surface area contributed by atoms with Gasteiger partial charge in [-0.05, 0) is 43.0 Å². The molecule has 0 aromatic heterocycles. The minimum atomic E-state index is -0.554. The molecule has 0 spiro atoms. The Morgan fingerprint density at radius 3 is 2.57 bits per heavy atom. The van der Waals surface area contributed by atoms with Gasteiger partial charge >= 0.3 is 5.69 Å². The predicted molar refractivity (Wildman–Crippen MR) is 111 cm³/mol. The van der Waals surface area contributed by atoms with Gasteiger partial charge in [-0.1, -0.05) is 18.2 Å². The quantitative estimate of drug-likeness (QED) is 0.571. The number of hydrogen-bond acceptors (Lipinski definition) is 5. The van der Waals surface area contributed by atoms with E-state index < -0.39 is 4.92 Å². The van der Waals surface area contributed by atoms with E-state index in [0.29, 0.717) is 32.4 Å². The monoisotopic (exact) mass is 409 g/mol. The molecule has 2 amide bonds. The van der Waals surface area contributed by atoms with E-state index in [9.17, 15) is 19.7 Å². The fourth-order valence-corrected chi connectivity index (χ4v) is 4.33. The van der Waals surface area contributed by atoms with Crippen molar-refractivity contribution in [2.75, 3.05) is 25.1 Å². The van der Waals surface area contributed by atoms with Crippen LogP contribution < -0.4 is 9.64 Å². The van der Waals surface area contributed by atoms with Crippen LogP contribution in [-0.2, 0) is 11.2 Å². The lowest BCUT2D eigenvalue weighted by molar-refractivity contribution is -0.385. The summed E-state index contributed by atoms with van der Waals surface area (Å²) in [5, 5.41) is 11.2. The van der Waals surface area contributed by atoms with E-state index >= 15 is 0 Å². The van der Waals surface area contributed by atoms with Gasteiger partial charge in [0.05, 0.1) is 12.0 Å². The van der Waals surface area contributed by atoms with Crippen molar-refractivity contribution in [3.8, 4) is 5.75 Å². The Morgan fingerprint density at radius 1 is 1.13 bits per heavy atom. The highest BCUT2D eigenvalue weighted by molar-refractivity contribution is 5.97. The van der Waals surface area contributed by atoms with Crippen molar-refractivity contribution in [3.63, 3.8) is 0 Å². The smallest absolute Gasteiger partial charge is 0.311 e. The number of para-hydroxylation sites is 1. The van der Waals surface area contributed by atoms with E-state index in [4.69, 9.17) is 4.74 Å². The topological polar surface area (TPSA) is 93.0 Å². The lowest BCUT2D eigenvalue weighted by Crippen LogP contribution is -2.50. The molecule has 0 atom stereocenters. The van der Waals surface area contributed by atoms with Gasteiger partial charge in [0.25, 0.3) is 5.91 Å². The zero-order valence-corrected chi connectivity index (χ0v) is 16.7. The molecule has 0 unspecified atom stereocenters. The highest BCUT2D eigenvalue weighted by Crippen LogP contribution is 2.33. The number of nitro groups is 1. The minimum absolute atomic E-state index is 0.0493. The Hall–Kier alpha value is -3.42. The van der Waals surface area contributed by atoms with Gasteiger partial charge in [0.15, 0.2) is 5.75 Å². The molecule has 0 radical (unpaired) electrons. The Bertz CT molecular complexity index is 998. The number of aryl methyl sites for hydroxylation is 1. The van der Waals surface area contributed by atoms with Crippen LogP contribution in [0.2, 0.25) is 0 Å². The third-order valence-corrected chi connectivity index (χ3v) is 5.87. The van der Waals surface area contributed by atoms with Crippen molar-refractivity contribution < 1.29 is 19.2 Å². The number of hydrogen-bond donors (Lipinski definition) is 0. The van der Waals surface area contributed by atoms with E-state index in [1.165, 1.54) is 24.8 Å². The van der Waals surface area contributed by atoms with Crippen LogP contribution in [0.3, 0.4) is 0 Å². The van der Waals surface area contributed by atoms with Gasteiger partial charge in [0, 0.05) is 42.9 Å². The van der Waals surface area contributed by atoms with Gasteiger partial charge in [-0.15, -0.1) is 0 Å². The second kappa shape index (κ2) is 8.14. The molecule has 0 aliphatic carbocycles. The van der Waals surface area contributed by atoms with Gasteiger partial charge < -0.3 is 14.5 Å². The average Bonchev–Trinajstić information content (AvgIpc) is 2.78. The highest BCUT2D eigenvalue weighted by Gasteiger charge is 2.34. The Morgan fingerprint density at radius 2 is 1.87 bits per heavy atom. The first-order valence-corrected chi connectivity index (χ1v) is 10.0. The van der Waals surface area contributed by atoms with Crippen LogP contribution in [0, 0.1) is 10.1 Å². The summed E-state index contributed by atoms with van der Waals surface area (Å²) in [6.07, 6.45) is 2.61. The summed E-state index contributed by atoms with van der Waals surface area (Å²) in [7, 11) is 1.36. The summed E-state index contributed by atoms with van der Waals surface area (Å²) in [5.74, 6) is 0.00589. The molecule has 1 saturated heterocycles. The number of fused-ring (bicyclic) bond motifs is 1. The second-order valence-corrected chi connectivity index (χ2v) is 7.56. The summed E-state index contributed by atoms with van der Waals surface area (Å²) >= 11 is 0. The summed E-state index contributed by atoms with van der Waals surface area (Å²) in [6, 6.07) is 12.3. The third kappa shape index (κ3) is 3.60. The number of piperidine rings is 1. The third-order valence-electron chi connectivity index (χ3n) is 5.87. The number of anilines is 1. The standard InChI is InChI=1S/C22H23N3O5/c1-30-20-8-6-16(14-19(20)25(28)29)22(27)23-12-10-17(11-13-23)24-18-5-3-2-4-15(18)7-9-21(24)26/h2-6,8,14,17H,7,9-13H2,1H3. The van der Waals surface area contributed by atoms with Crippen molar-refractivity contribution in [2.24, 2.45) is 0 Å². The molecular weight excluding hydrogens is 386 g/mol. The number of carbonyl (C=O) groups is 2. The number of methoxy groups -OCH3 is 1. The molecule has 2 heterocycles. The lowest BCUT2D eigenvalue weighted by Gasteiger charge is -2.41.